The normalized spacial score (nSPS) is 11.4. The van der Waals surface area contributed by atoms with Crippen LogP contribution in [0.25, 0.3) is 0 Å². The molecule has 56 valence electrons. The molecule has 0 spiro atoms. The molecule has 0 aliphatic rings. The molecule has 0 rings (SSSR count). The average molecular weight is 131 g/mol. The second-order valence-electron chi connectivity index (χ2n) is 1.96. The first-order valence-electron chi connectivity index (χ1n) is 3.35. The number of hydrogen-bond donors (Lipinski definition) is 1. The van der Waals surface area contributed by atoms with E-state index in [-0.39, 0.29) is 0 Å². The first kappa shape index (κ1) is 11.4. The predicted molar refractivity (Wildman–Crippen MR) is 40.3 cm³/mol. The lowest BCUT2D eigenvalue weighted by Crippen LogP contribution is -2.17. The van der Waals surface area contributed by atoms with E-state index in [2.05, 4.69) is 13.8 Å². The van der Waals surface area contributed by atoms with Crippen molar-refractivity contribution in [1.82, 2.24) is 0 Å². The second kappa shape index (κ2) is 10.6. The van der Waals surface area contributed by atoms with Gasteiger partial charge in [-0.2, -0.15) is 0 Å². The zero-order valence-electron chi connectivity index (χ0n) is 6.39. The molecule has 9 heavy (non-hydrogen) atoms. The quantitative estimate of drug-likeness (QED) is 0.628. The summed E-state index contributed by atoms with van der Waals surface area (Å²) in [6.45, 7) is 6.29. The highest BCUT2D eigenvalue weighted by Gasteiger charge is 1.92. The standard InChI is InChI=1S/C6H15N.CH2O/c1-3-5-6(7)4-2;1-2/h6H,3-5,7H2,1-2H3;1H2. The van der Waals surface area contributed by atoms with E-state index < -0.39 is 0 Å². The van der Waals surface area contributed by atoms with Crippen LogP contribution in [0.2, 0.25) is 0 Å². The zero-order chi connectivity index (χ0) is 7.70. The molecule has 0 aromatic heterocycles. The fraction of sp³-hybridized carbons (Fsp3) is 0.857. The van der Waals surface area contributed by atoms with Crippen LogP contribution >= 0.6 is 0 Å². The molecule has 0 fully saturated rings. The molecule has 0 heterocycles. The van der Waals surface area contributed by atoms with E-state index in [0.29, 0.717) is 6.04 Å². The molecule has 0 saturated carbocycles. The lowest BCUT2D eigenvalue weighted by atomic mass is 10.1. The SMILES string of the molecule is C=O.CCCC(N)CC. The molecule has 2 heteroatoms. The van der Waals surface area contributed by atoms with Crippen LogP contribution in [0.5, 0.6) is 0 Å². The van der Waals surface area contributed by atoms with Gasteiger partial charge in [0.1, 0.15) is 6.79 Å². The van der Waals surface area contributed by atoms with Gasteiger partial charge in [-0.05, 0) is 12.8 Å². The van der Waals surface area contributed by atoms with Crippen LogP contribution in [0.4, 0.5) is 0 Å². The van der Waals surface area contributed by atoms with Crippen molar-refractivity contribution >= 4 is 6.79 Å². The van der Waals surface area contributed by atoms with Gasteiger partial charge in [-0.15, -0.1) is 0 Å². The molecule has 0 radical (unpaired) electrons. The molecule has 2 nitrogen and oxygen atoms in total. The highest BCUT2D eigenvalue weighted by molar-refractivity contribution is 5.10. The maximum atomic E-state index is 8.00. The first-order chi connectivity index (χ1) is 4.31. The Bertz CT molecular complexity index is 48.2. The Balaban J connectivity index is 0. The monoisotopic (exact) mass is 131 g/mol. The fourth-order valence-electron chi connectivity index (χ4n) is 0.575. The smallest absolute Gasteiger partial charge is 0.106 e. The molecular weight excluding hydrogens is 114 g/mol. The Hall–Kier alpha value is -0.370. The maximum Gasteiger partial charge on any atom is 0.106 e. The van der Waals surface area contributed by atoms with Gasteiger partial charge >= 0.3 is 0 Å². The van der Waals surface area contributed by atoms with Crippen molar-refractivity contribution in [1.29, 1.82) is 0 Å². The van der Waals surface area contributed by atoms with Gasteiger partial charge in [-0.25, -0.2) is 0 Å². The molecule has 0 amide bonds. The van der Waals surface area contributed by atoms with Crippen LogP contribution in [0.1, 0.15) is 33.1 Å². The van der Waals surface area contributed by atoms with Crippen LogP contribution in [0.15, 0.2) is 0 Å². The van der Waals surface area contributed by atoms with Crippen molar-refractivity contribution in [3.05, 3.63) is 0 Å². The fourth-order valence-corrected chi connectivity index (χ4v) is 0.575. The Morgan fingerprint density at radius 1 is 1.44 bits per heavy atom. The summed E-state index contributed by atoms with van der Waals surface area (Å²) in [6.07, 6.45) is 3.51. The van der Waals surface area contributed by atoms with Crippen LogP contribution in [-0.2, 0) is 4.79 Å². The summed E-state index contributed by atoms with van der Waals surface area (Å²) in [7, 11) is 0. The summed E-state index contributed by atoms with van der Waals surface area (Å²) in [6, 6.07) is 0.449. The van der Waals surface area contributed by atoms with Gasteiger partial charge in [0.05, 0.1) is 0 Å². The average Bonchev–Trinajstić information content (AvgIpc) is 1.93. The largest absolute Gasteiger partial charge is 0.328 e. The van der Waals surface area contributed by atoms with Gasteiger partial charge in [0.2, 0.25) is 0 Å². The Morgan fingerprint density at radius 2 is 1.89 bits per heavy atom. The second-order valence-corrected chi connectivity index (χ2v) is 1.96. The minimum atomic E-state index is 0.449. The topological polar surface area (TPSA) is 43.1 Å². The Kier molecular flexibility index (Phi) is 13.4. The van der Waals surface area contributed by atoms with Crippen molar-refractivity contribution in [3.63, 3.8) is 0 Å². The molecule has 1 atom stereocenters. The van der Waals surface area contributed by atoms with Crippen molar-refractivity contribution in [2.45, 2.75) is 39.2 Å². The number of hydrogen-bond acceptors (Lipinski definition) is 2. The third-order valence-corrected chi connectivity index (χ3v) is 1.18. The maximum absolute atomic E-state index is 8.00. The van der Waals surface area contributed by atoms with E-state index in [1.54, 1.807) is 0 Å². The molecule has 0 saturated heterocycles. The van der Waals surface area contributed by atoms with Crippen molar-refractivity contribution in [3.8, 4) is 0 Å². The van der Waals surface area contributed by atoms with E-state index in [1.165, 1.54) is 12.8 Å². The van der Waals surface area contributed by atoms with Gasteiger partial charge in [0.25, 0.3) is 0 Å². The number of rotatable bonds is 3. The Morgan fingerprint density at radius 3 is 2.00 bits per heavy atom. The van der Waals surface area contributed by atoms with E-state index >= 15 is 0 Å². The summed E-state index contributed by atoms with van der Waals surface area (Å²) >= 11 is 0. The van der Waals surface area contributed by atoms with E-state index in [9.17, 15) is 0 Å². The highest BCUT2D eigenvalue weighted by atomic mass is 16.1. The number of nitrogens with two attached hydrogens (primary N) is 1. The molecular formula is C7H17NO. The predicted octanol–water partition coefficient (Wildman–Crippen LogP) is 1.34. The van der Waals surface area contributed by atoms with Crippen molar-refractivity contribution in [2.24, 2.45) is 5.73 Å². The molecule has 2 N–H and O–H groups in total. The summed E-state index contributed by atoms with van der Waals surface area (Å²) in [5, 5.41) is 0. The Labute approximate surface area is 57.4 Å². The molecule has 0 aromatic rings. The van der Waals surface area contributed by atoms with Crippen LogP contribution in [0.3, 0.4) is 0 Å². The number of carbonyl (C=O) groups excluding carboxylic acids is 1. The van der Waals surface area contributed by atoms with Crippen LogP contribution in [0, 0.1) is 0 Å². The van der Waals surface area contributed by atoms with E-state index in [4.69, 9.17) is 10.5 Å². The molecule has 0 aliphatic carbocycles. The van der Waals surface area contributed by atoms with Crippen molar-refractivity contribution in [2.75, 3.05) is 0 Å². The van der Waals surface area contributed by atoms with Gasteiger partial charge < -0.3 is 10.5 Å². The molecule has 0 bridgehead atoms. The molecule has 0 aromatic carbocycles. The summed E-state index contributed by atoms with van der Waals surface area (Å²) in [5.41, 5.74) is 5.58. The third kappa shape index (κ3) is 11.3. The minimum Gasteiger partial charge on any atom is -0.328 e. The molecule has 1 unspecified atom stereocenters. The lowest BCUT2D eigenvalue weighted by molar-refractivity contribution is -0.0979. The highest BCUT2D eigenvalue weighted by Crippen LogP contribution is 1.95. The van der Waals surface area contributed by atoms with E-state index in [0.717, 1.165) is 6.42 Å². The number of carbonyl (C=O) groups is 1. The lowest BCUT2D eigenvalue weighted by Gasteiger charge is -2.03. The summed E-state index contributed by atoms with van der Waals surface area (Å²) in [4.78, 5) is 8.00. The van der Waals surface area contributed by atoms with Gasteiger partial charge in [-0.3, -0.25) is 0 Å². The third-order valence-electron chi connectivity index (χ3n) is 1.18. The zero-order valence-corrected chi connectivity index (χ0v) is 6.39. The van der Waals surface area contributed by atoms with E-state index in [1.807, 2.05) is 6.79 Å². The van der Waals surface area contributed by atoms with Crippen LogP contribution < -0.4 is 5.73 Å². The summed E-state index contributed by atoms with van der Waals surface area (Å²) < 4.78 is 0. The van der Waals surface area contributed by atoms with Crippen molar-refractivity contribution < 1.29 is 4.79 Å². The van der Waals surface area contributed by atoms with Gasteiger partial charge in [0.15, 0.2) is 0 Å². The van der Waals surface area contributed by atoms with Crippen LogP contribution in [-0.4, -0.2) is 12.8 Å². The minimum absolute atomic E-state index is 0.449. The van der Waals surface area contributed by atoms with Gasteiger partial charge in [0, 0.05) is 6.04 Å². The first-order valence-corrected chi connectivity index (χ1v) is 3.35. The molecule has 0 aliphatic heterocycles. The summed E-state index contributed by atoms with van der Waals surface area (Å²) in [5.74, 6) is 0. The van der Waals surface area contributed by atoms with Gasteiger partial charge in [-0.1, -0.05) is 20.3 Å².